The molecule has 4 rings (SSSR count). The Labute approximate surface area is 180 Å². The normalized spacial score (nSPS) is 19.7. The van der Waals surface area contributed by atoms with Gasteiger partial charge in [0.15, 0.2) is 17.3 Å². The van der Waals surface area contributed by atoms with Crippen LogP contribution < -0.4 is 19.5 Å². The van der Waals surface area contributed by atoms with E-state index in [1.54, 1.807) is 26.0 Å². The lowest BCUT2D eigenvalue weighted by Gasteiger charge is -2.38. The second-order valence-electron chi connectivity index (χ2n) is 8.15. The van der Waals surface area contributed by atoms with E-state index < -0.39 is 6.04 Å². The molecule has 0 saturated carbocycles. The van der Waals surface area contributed by atoms with Crippen LogP contribution in [-0.2, 0) is 4.79 Å². The topological polar surface area (TPSA) is 87.5 Å². The van der Waals surface area contributed by atoms with Gasteiger partial charge in [-0.25, -0.2) is 4.68 Å². The number of aromatic nitrogens is 3. The van der Waals surface area contributed by atoms with Crippen LogP contribution in [-0.4, -0.2) is 48.1 Å². The molecule has 1 aromatic carbocycles. The number of fused-ring (bicyclic) bond motifs is 1. The number of benzene rings is 1. The minimum Gasteiger partial charge on any atom is -0.493 e. The van der Waals surface area contributed by atoms with Crippen molar-refractivity contribution in [3.8, 4) is 17.2 Å². The number of nitrogens with zero attached hydrogens (tertiary/aromatic N) is 3. The van der Waals surface area contributed by atoms with Crippen LogP contribution in [0.1, 0.15) is 38.3 Å². The number of nitrogens with one attached hydrogen (secondary N) is 1. The molecule has 30 heavy (non-hydrogen) atoms. The average molecular weight is 431 g/mol. The highest BCUT2D eigenvalue weighted by Crippen LogP contribution is 2.50. The van der Waals surface area contributed by atoms with Crippen LogP contribution in [0.25, 0.3) is 0 Å². The summed E-state index contributed by atoms with van der Waals surface area (Å²) in [5.74, 6) is 2.27. The molecule has 1 aliphatic carbocycles. The van der Waals surface area contributed by atoms with E-state index in [-0.39, 0.29) is 11.2 Å². The molecule has 0 unspecified atom stereocenters. The third-order valence-electron chi connectivity index (χ3n) is 5.52. The summed E-state index contributed by atoms with van der Waals surface area (Å²) in [7, 11) is 4.73. The van der Waals surface area contributed by atoms with E-state index in [1.807, 2.05) is 18.4 Å². The Kier molecular flexibility index (Phi) is 5.17. The van der Waals surface area contributed by atoms with Gasteiger partial charge in [0.1, 0.15) is 6.04 Å². The predicted octanol–water partition coefficient (Wildman–Crippen LogP) is 3.68. The molecule has 9 heteroatoms. The Morgan fingerprint density at radius 2 is 1.87 bits per heavy atom. The van der Waals surface area contributed by atoms with Gasteiger partial charge in [0.2, 0.25) is 16.9 Å². The number of anilines is 1. The molecule has 2 heterocycles. The van der Waals surface area contributed by atoms with Gasteiger partial charge in [0.25, 0.3) is 0 Å². The van der Waals surface area contributed by atoms with E-state index in [0.29, 0.717) is 40.3 Å². The summed E-state index contributed by atoms with van der Waals surface area (Å²) < 4.78 is 18.5. The van der Waals surface area contributed by atoms with Crippen molar-refractivity contribution in [1.82, 2.24) is 14.8 Å². The van der Waals surface area contributed by atoms with E-state index in [0.717, 1.165) is 17.7 Å². The van der Waals surface area contributed by atoms with Gasteiger partial charge in [0, 0.05) is 23.3 Å². The fourth-order valence-corrected chi connectivity index (χ4v) is 4.65. The highest BCUT2D eigenvalue weighted by molar-refractivity contribution is 7.98. The van der Waals surface area contributed by atoms with Crippen LogP contribution in [0, 0.1) is 5.41 Å². The monoisotopic (exact) mass is 430 g/mol. The average Bonchev–Trinajstić information content (AvgIpc) is 3.12. The third kappa shape index (κ3) is 3.21. The van der Waals surface area contributed by atoms with Crippen LogP contribution in [0.15, 0.2) is 28.6 Å². The van der Waals surface area contributed by atoms with Crippen molar-refractivity contribution in [2.75, 3.05) is 32.9 Å². The van der Waals surface area contributed by atoms with Gasteiger partial charge in [0.05, 0.1) is 21.3 Å². The first-order valence-corrected chi connectivity index (χ1v) is 10.9. The molecule has 0 saturated heterocycles. The first kappa shape index (κ1) is 20.6. The molecule has 1 atom stereocenters. The lowest BCUT2D eigenvalue weighted by molar-refractivity contribution is -0.118. The lowest BCUT2D eigenvalue weighted by Crippen LogP contribution is -2.36. The van der Waals surface area contributed by atoms with Crippen molar-refractivity contribution in [2.24, 2.45) is 5.41 Å². The highest BCUT2D eigenvalue weighted by Gasteiger charge is 2.43. The van der Waals surface area contributed by atoms with Crippen LogP contribution in [0.5, 0.6) is 17.2 Å². The van der Waals surface area contributed by atoms with Gasteiger partial charge in [-0.1, -0.05) is 25.6 Å². The molecule has 0 fully saturated rings. The summed E-state index contributed by atoms with van der Waals surface area (Å²) in [5, 5.41) is 8.65. The number of rotatable bonds is 5. The fraction of sp³-hybridized carbons (Fsp3) is 0.476. The molecule has 0 bridgehead atoms. The van der Waals surface area contributed by atoms with Crippen LogP contribution >= 0.6 is 11.8 Å². The first-order valence-electron chi connectivity index (χ1n) is 9.66. The standard InChI is InChI=1S/C21H26N4O4S/c1-21(2)9-12-15(13(26)10-21)16(25-19(22-12)23-20(24-25)30-6)11-7-8-14(27-3)18(29-5)17(11)28-4/h7-8,16H,9-10H2,1-6H3,(H,22,23,24)/t16-/m1/s1. The molecule has 0 amide bonds. The van der Waals surface area contributed by atoms with Crippen molar-refractivity contribution in [2.45, 2.75) is 37.9 Å². The largest absolute Gasteiger partial charge is 0.493 e. The summed E-state index contributed by atoms with van der Waals surface area (Å²) in [4.78, 5) is 17.9. The minimum absolute atomic E-state index is 0.0995. The maximum atomic E-state index is 13.3. The Balaban J connectivity index is 1.98. The van der Waals surface area contributed by atoms with Gasteiger partial charge in [-0.05, 0) is 30.2 Å². The number of allylic oxidation sites excluding steroid dienone is 2. The molecule has 8 nitrogen and oxygen atoms in total. The van der Waals surface area contributed by atoms with E-state index in [1.165, 1.54) is 11.8 Å². The number of carbonyl (C=O) groups excluding carboxylic acids is 1. The Morgan fingerprint density at radius 1 is 1.13 bits per heavy atom. The summed E-state index contributed by atoms with van der Waals surface area (Å²) in [6.07, 6.45) is 3.15. The SMILES string of the molecule is COc1ccc([C@@H]2C3=C(CC(C)(C)CC3=O)Nc3nc(SC)nn32)c(OC)c1OC. The van der Waals surface area contributed by atoms with Gasteiger partial charge < -0.3 is 19.5 Å². The van der Waals surface area contributed by atoms with Gasteiger partial charge >= 0.3 is 0 Å². The molecule has 1 N–H and O–H groups in total. The Hall–Kier alpha value is -2.68. The Morgan fingerprint density at radius 3 is 2.50 bits per heavy atom. The van der Waals surface area contributed by atoms with Crippen LogP contribution in [0.3, 0.4) is 0 Å². The van der Waals surface area contributed by atoms with E-state index in [2.05, 4.69) is 29.2 Å². The molecular weight excluding hydrogens is 404 g/mol. The second-order valence-corrected chi connectivity index (χ2v) is 8.92. The lowest BCUT2D eigenvalue weighted by atomic mass is 9.73. The van der Waals surface area contributed by atoms with Crippen LogP contribution in [0.4, 0.5) is 5.95 Å². The highest BCUT2D eigenvalue weighted by atomic mass is 32.2. The molecule has 2 aromatic rings. The molecule has 2 aliphatic rings. The number of hydrogen-bond acceptors (Lipinski definition) is 8. The number of methoxy groups -OCH3 is 3. The predicted molar refractivity (Wildman–Crippen MR) is 115 cm³/mol. The third-order valence-corrected chi connectivity index (χ3v) is 6.06. The zero-order valence-corrected chi connectivity index (χ0v) is 18.8. The number of thioether (sulfide) groups is 1. The van der Waals surface area contributed by atoms with E-state index >= 15 is 0 Å². The Bertz CT molecular complexity index is 1040. The van der Waals surface area contributed by atoms with Gasteiger partial charge in [-0.3, -0.25) is 4.79 Å². The molecule has 1 aliphatic heterocycles. The molecule has 0 radical (unpaired) electrons. The number of ketones is 1. The molecule has 0 spiro atoms. The maximum absolute atomic E-state index is 13.3. The zero-order chi connectivity index (χ0) is 21.6. The van der Waals surface area contributed by atoms with E-state index in [9.17, 15) is 4.79 Å². The quantitative estimate of drug-likeness (QED) is 0.719. The smallest absolute Gasteiger partial charge is 0.227 e. The molecule has 1 aromatic heterocycles. The molecular formula is C21H26N4O4S. The van der Waals surface area contributed by atoms with Crippen molar-refractivity contribution >= 4 is 23.5 Å². The van der Waals surface area contributed by atoms with Crippen molar-refractivity contribution in [1.29, 1.82) is 0 Å². The second kappa shape index (κ2) is 7.54. The summed E-state index contributed by atoms with van der Waals surface area (Å²) in [5.41, 5.74) is 2.24. The first-order chi connectivity index (χ1) is 14.3. The summed E-state index contributed by atoms with van der Waals surface area (Å²) in [6.45, 7) is 4.21. The zero-order valence-electron chi connectivity index (χ0n) is 18.0. The minimum atomic E-state index is -0.469. The van der Waals surface area contributed by atoms with Crippen molar-refractivity contribution < 1.29 is 19.0 Å². The number of Topliss-reactive ketones (excluding diaryl/α,β-unsaturated/α-hetero) is 1. The van der Waals surface area contributed by atoms with E-state index in [4.69, 9.17) is 14.2 Å². The molecule has 160 valence electrons. The fourth-order valence-electron chi connectivity index (χ4n) is 4.30. The van der Waals surface area contributed by atoms with Crippen molar-refractivity contribution in [3.63, 3.8) is 0 Å². The van der Waals surface area contributed by atoms with Crippen molar-refractivity contribution in [3.05, 3.63) is 29.0 Å². The summed E-state index contributed by atoms with van der Waals surface area (Å²) >= 11 is 1.45. The summed E-state index contributed by atoms with van der Waals surface area (Å²) in [6, 6.07) is 3.25. The number of hydrogen-bond donors (Lipinski definition) is 1. The maximum Gasteiger partial charge on any atom is 0.227 e. The van der Waals surface area contributed by atoms with Crippen LogP contribution in [0.2, 0.25) is 0 Å². The van der Waals surface area contributed by atoms with Gasteiger partial charge in [-0.2, -0.15) is 4.98 Å². The number of carbonyl (C=O) groups is 1. The number of ether oxygens (including phenoxy) is 3. The van der Waals surface area contributed by atoms with Gasteiger partial charge in [-0.15, -0.1) is 5.10 Å².